The topological polar surface area (TPSA) is 150 Å². The maximum atomic E-state index is 14.7. The van der Waals surface area contributed by atoms with E-state index in [1.54, 1.807) is 19.1 Å². The summed E-state index contributed by atoms with van der Waals surface area (Å²) in [7, 11) is 3.22. The Morgan fingerprint density at radius 3 is 2.09 bits per heavy atom. The quantitative estimate of drug-likeness (QED) is 0.0452. The first-order valence-electron chi connectivity index (χ1n) is 29.1. The summed E-state index contributed by atoms with van der Waals surface area (Å²) < 4.78 is 30.4. The van der Waals surface area contributed by atoms with Gasteiger partial charge in [-0.25, -0.2) is 4.79 Å². The SMILES string of the molecule is CCCCCCCCC1CCC2C3CC=C4CC(OC(=O)NCCCCCC(=O)N5CC(OC(=O)CCC(=O)O)CC5C(OCc5ccccc5)(c5ccc(OC)cc5)c5ccc(OC)cc5)CCC4(C)C3CCC12C. The molecule has 12 heteroatoms. The van der Waals surface area contributed by atoms with Gasteiger partial charge in [0.05, 0.1) is 46.3 Å². The standard InChI is InChI=1S/C64H88N2O10/c1-6-7-8-9-10-15-20-46-27-33-55-54-32-26-49-41-52(36-38-63(49,3)56(54)37-39-62(46,55)2)76-61(71)65-40-17-12-16-21-58(67)66-43-53(75-60(70)35-34-59(68)69)42-57(66)64(47-22-28-50(72-4)29-23-47,48-24-30-51(73-5)31-25-48)74-44-45-18-13-11-14-19-45/h11,13-14,18-19,22-26,28-31,46,52-57H,6-10,12,15-17,20-21,27,32-44H2,1-5H3,(H,65,71)(H,68,69). The number of benzene rings is 3. The largest absolute Gasteiger partial charge is 0.497 e. The summed E-state index contributed by atoms with van der Waals surface area (Å²) >= 11 is 0. The Morgan fingerprint density at radius 2 is 1.41 bits per heavy atom. The number of unbranched alkanes of at least 4 members (excludes halogenated alkanes) is 7. The molecule has 0 radical (unpaired) electrons. The summed E-state index contributed by atoms with van der Waals surface area (Å²) in [6.07, 6.45) is 22.3. The monoisotopic (exact) mass is 1040 g/mol. The smallest absolute Gasteiger partial charge is 0.407 e. The second-order valence-electron chi connectivity index (χ2n) is 23.4. The molecule has 76 heavy (non-hydrogen) atoms. The lowest BCUT2D eigenvalue weighted by atomic mass is 9.47. The Morgan fingerprint density at radius 1 is 0.724 bits per heavy atom. The van der Waals surface area contributed by atoms with Gasteiger partial charge in [-0.15, -0.1) is 0 Å². The van der Waals surface area contributed by atoms with Crippen LogP contribution in [0.4, 0.5) is 4.79 Å². The van der Waals surface area contributed by atoms with E-state index in [-0.39, 0.29) is 62.4 Å². The molecule has 5 aliphatic rings. The molecule has 414 valence electrons. The molecule has 0 bridgehead atoms. The van der Waals surface area contributed by atoms with E-state index >= 15 is 0 Å². The fourth-order valence-electron chi connectivity index (χ4n) is 14.8. The molecule has 2 N–H and O–H groups in total. The Hall–Kier alpha value is -5.36. The van der Waals surface area contributed by atoms with Crippen LogP contribution >= 0.6 is 0 Å². The van der Waals surface area contributed by atoms with Crippen molar-refractivity contribution in [3.8, 4) is 11.5 Å². The molecule has 9 atom stereocenters. The summed E-state index contributed by atoms with van der Waals surface area (Å²) in [5, 5.41) is 12.3. The highest BCUT2D eigenvalue weighted by molar-refractivity contribution is 5.78. The number of rotatable bonds is 26. The van der Waals surface area contributed by atoms with Crippen molar-refractivity contribution in [3.05, 3.63) is 107 Å². The van der Waals surface area contributed by atoms with E-state index in [0.717, 1.165) is 59.6 Å². The van der Waals surface area contributed by atoms with Gasteiger partial charge in [-0.1, -0.05) is 132 Å². The van der Waals surface area contributed by atoms with Crippen LogP contribution in [0.15, 0.2) is 90.5 Å². The van der Waals surface area contributed by atoms with Gasteiger partial charge in [-0.3, -0.25) is 14.4 Å². The second-order valence-corrected chi connectivity index (χ2v) is 23.4. The zero-order chi connectivity index (χ0) is 53.7. The van der Waals surface area contributed by atoms with Crippen LogP contribution in [0.3, 0.4) is 0 Å². The van der Waals surface area contributed by atoms with Crippen LogP contribution in [-0.2, 0) is 40.8 Å². The molecule has 1 saturated heterocycles. The highest BCUT2D eigenvalue weighted by atomic mass is 16.6. The predicted molar refractivity (Wildman–Crippen MR) is 295 cm³/mol. The number of methoxy groups -OCH3 is 2. The summed E-state index contributed by atoms with van der Waals surface area (Å²) in [6, 6.07) is 24.4. The van der Waals surface area contributed by atoms with Crippen LogP contribution in [0.2, 0.25) is 0 Å². The lowest BCUT2D eigenvalue weighted by molar-refractivity contribution is -0.152. The number of carboxylic acids is 1. The first-order valence-corrected chi connectivity index (χ1v) is 29.1. The molecule has 4 aliphatic carbocycles. The predicted octanol–water partition coefficient (Wildman–Crippen LogP) is 13.5. The van der Waals surface area contributed by atoms with Gasteiger partial charge in [0, 0.05) is 25.8 Å². The molecular weight excluding hydrogens is 957 g/mol. The number of alkyl carbamates (subject to hydrolysis) is 1. The number of carboxylic acid groups (broad SMARTS) is 1. The van der Waals surface area contributed by atoms with Gasteiger partial charge in [0.1, 0.15) is 29.3 Å². The average Bonchev–Trinajstić information content (AvgIpc) is 4.04. The fraction of sp³-hybridized carbons (Fsp3) is 0.625. The molecule has 3 aromatic carbocycles. The van der Waals surface area contributed by atoms with Crippen molar-refractivity contribution in [1.82, 2.24) is 10.2 Å². The number of carbonyl (C=O) groups excluding carboxylic acids is 3. The number of aliphatic carboxylic acids is 1. The average molecular weight is 1050 g/mol. The molecule has 8 rings (SSSR count). The first-order chi connectivity index (χ1) is 36.8. The van der Waals surface area contributed by atoms with Crippen molar-refractivity contribution < 1.29 is 48.0 Å². The van der Waals surface area contributed by atoms with E-state index in [4.69, 9.17) is 23.7 Å². The number of likely N-dealkylation sites (tertiary alicyclic amines) is 1. The third-order valence-electron chi connectivity index (χ3n) is 19.0. The van der Waals surface area contributed by atoms with Crippen molar-refractivity contribution >= 4 is 23.9 Å². The van der Waals surface area contributed by atoms with Gasteiger partial charge < -0.3 is 39.0 Å². The molecule has 3 aromatic rings. The maximum Gasteiger partial charge on any atom is 0.407 e. The molecule has 1 aliphatic heterocycles. The number of allylic oxidation sites excluding steroid dienone is 1. The number of fused-ring (bicyclic) bond motifs is 5. The zero-order valence-electron chi connectivity index (χ0n) is 46.4. The van der Waals surface area contributed by atoms with E-state index in [1.165, 1.54) is 82.6 Å². The van der Waals surface area contributed by atoms with Crippen LogP contribution in [0, 0.1) is 34.5 Å². The van der Waals surface area contributed by atoms with Crippen LogP contribution in [0.25, 0.3) is 0 Å². The highest BCUT2D eigenvalue weighted by Crippen LogP contribution is 2.67. The number of nitrogens with one attached hydrogen (secondary N) is 1. The normalized spacial score (nSPS) is 26.8. The molecule has 0 spiro atoms. The molecular formula is C64H88N2O10. The fourth-order valence-corrected chi connectivity index (χ4v) is 14.8. The highest BCUT2D eigenvalue weighted by Gasteiger charge is 2.59. The summed E-state index contributed by atoms with van der Waals surface area (Å²) in [4.78, 5) is 54.2. The number of esters is 1. The van der Waals surface area contributed by atoms with E-state index in [0.29, 0.717) is 42.7 Å². The minimum absolute atomic E-state index is 0.108. The molecule has 4 fully saturated rings. The Bertz CT molecular complexity index is 2360. The molecule has 0 aromatic heterocycles. The third kappa shape index (κ3) is 13.1. The van der Waals surface area contributed by atoms with Gasteiger partial charge in [-0.2, -0.15) is 0 Å². The van der Waals surface area contributed by atoms with E-state index in [9.17, 15) is 24.3 Å². The molecule has 1 heterocycles. The minimum Gasteiger partial charge on any atom is -0.497 e. The molecule has 3 saturated carbocycles. The number of amides is 2. The number of nitrogens with zero attached hydrogens (tertiary/aromatic N) is 1. The Balaban J connectivity index is 0.875. The van der Waals surface area contributed by atoms with Gasteiger partial charge in [0.15, 0.2) is 0 Å². The van der Waals surface area contributed by atoms with Gasteiger partial charge in [0.25, 0.3) is 0 Å². The number of carbonyl (C=O) groups is 4. The van der Waals surface area contributed by atoms with E-state index < -0.39 is 29.7 Å². The summed E-state index contributed by atoms with van der Waals surface area (Å²) in [5.74, 6) is 2.68. The van der Waals surface area contributed by atoms with Crippen LogP contribution in [-0.4, -0.2) is 79.5 Å². The van der Waals surface area contributed by atoms with Crippen molar-refractivity contribution in [3.63, 3.8) is 0 Å². The zero-order valence-corrected chi connectivity index (χ0v) is 46.4. The van der Waals surface area contributed by atoms with Crippen LogP contribution < -0.4 is 14.8 Å². The van der Waals surface area contributed by atoms with Gasteiger partial charge in [-0.05, 0) is 140 Å². The van der Waals surface area contributed by atoms with Gasteiger partial charge in [0.2, 0.25) is 5.91 Å². The summed E-state index contributed by atoms with van der Waals surface area (Å²) in [6.45, 7) is 8.24. The van der Waals surface area contributed by atoms with E-state index in [2.05, 4.69) is 32.2 Å². The van der Waals surface area contributed by atoms with Crippen LogP contribution in [0.5, 0.6) is 11.5 Å². The minimum atomic E-state index is -1.27. The lowest BCUT2D eigenvalue weighted by Crippen LogP contribution is -2.52. The lowest BCUT2D eigenvalue weighted by Gasteiger charge is -2.58. The number of hydrogen-bond donors (Lipinski definition) is 2. The molecule has 2 amide bonds. The maximum absolute atomic E-state index is 14.7. The van der Waals surface area contributed by atoms with Gasteiger partial charge >= 0.3 is 18.0 Å². The Kier molecular flexibility index (Phi) is 19.7. The second kappa shape index (κ2) is 26.3. The molecule has 9 unspecified atom stereocenters. The summed E-state index contributed by atoms with van der Waals surface area (Å²) in [5.41, 5.74) is 3.41. The number of hydrogen-bond acceptors (Lipinski definition) is 9. The van der Waals surface area contributed by atoms with Crippen molar-refractivity contribution in [2.75, 3.05) is 27.3 Å². The molecule has 12 nitrogen and oxygen atoms in total. The van der Waals surface area contributed by atoms with Crippen molar-refractivity contribution in [2.24, 2.45) is 34.5 Å². The third-order valence-corrected chi connectivity index (χ3v) is 19.0. The Labute approximate surface area is 453 Å². The van der Waals surface area contributed by atoms with Crippen molar-refractivity contribution in [1.29, 1.82) is 0 Å². The van der Waals surface area contributed by atoms with Crippen molar-refractivity contribution in [2.45, 2.75) is 192 Å². The van der Waals surface area contributed by atoms with E-state index in [1.807, 2.05) is 78.9 Å². The van der Waals surface area contributed by atoms with Crippen LogP contribution in [0.1, 0.15) is 179 Å². The first kappa shape index (κ1) is 56.8. The number of ether oxygens (including phenoxy) is 5.